The number of nitro benzene ring substituents is 2. The van der Waals surface area contributed by atoms with Crippen molar-refractivity contribution in [1.29, 1.82) is 0 Å². The van der Waals surface area contributed by atoms with Crippen LogP contribution >= 0.6 is 0 Å². The lowest BCUT2D eigenvalue weighted by molar-refractivity contribution is -0.385. The van der Waals surface area contributed by atoms with Gasteiger partial charge in [-0.05, 0) is 32.9 Å². The zero-order chi connectivity index (χ0) is 22.7. The fourth-order valence-electron chi connectivity index (χ4n) is 2.85. The highest BCUT2D eigenvalue weighted by molar-refractivity contribution is 6.00. The van der Waals surface area contributed by atoms with E-state index in [4.69, 9.17) is 0 Å². The summed E-state index contributed by atoms with van der Waals surface area (Å²) in [4.78, 5) is 33.3. The number of hydrazone groups is 1. The largest absolute Gasteiger partial charge is 0.273 e. The number of amides is 1. The van der Waals surface area contributed by atoms with E-state index in [-0.39, 0.29) is 16.9 Å². The summed E-state index contributed by atoms with van der Waals surface area (Å²) in [7, 11) is 0. The number of non-ortho nitro benzene ring substituents is 1. The third-order valence-corrected chi connectivity index (χ3v) is 4.52. The standard InChI is InChI=1S/C19H17N7O5/c1-11-7-8-14(9-17(11)26(30)31)19(27)22-20-12(2)18-13(3)24(23-21-18)15-5-4-6-16(10-15)25(28)29/h4-10H,1-3H3,(H,22,27)/b20-12-. The summed E-state index contributed by atoms with van der Waals surface area (Å²) in [6.07, 6.45) is 0. The maximum Gasteiger partial charge on any atom is 0.273 e. The number of aryl methyl sites for hydroxylation is 1. The van der Waals surface area contributed by atoms with Gasteiger partial charge in [-0.1, -0.05) is 17.3 Å². The van der Waals surface area contributed by atoms with Gasteiger partial charge in [0.1, 0.15) is 5.69 Å². The normalized spacial score (nSPS) is 11.3. The second-order valence-electron chi connectivity index (χ2n) is 6.61. The van der Waals surface area contributed by atoms with E-state index in [0.29, 0.717) is 28.4 Å². The number of carbonyl (C=O) groups excluding carboxylic acids is 1. The van der Waals surface area contributed by atoms with Crippen LogP contribution in [0, 0.1) is 34.1 Å². The SMILES string of the molecule is C/C(=N/NC(=O)c1ccc(C)c([N+](=O)[O-])c1)c1nnn(-c2cccc([N+](=O)[O-])c2)c1C. The van der Waals surface area contributed by atoms with Crippen molar-refractivity contribution in [1.82, 2.24) is 20.4 Å². The van der Waals surface area contributed by atoms with Crippen molar-refractivity contribution in [2.75, 3.05) is 0 Å². The van der Waals surface area contributed by atoms with E-state index >= 15 is 0 Å². The van der Waals surface area contributed by atoms with Gasteiger partial charge in [0.05, 0.1) is 26.9 Å². The number of carbonyl (C=O) groups is 1. The summed E-state index contributed by atoms with van der Waals surface area (Å²) in [5.74, 6) is -0.619. The zero-order valence-electron chi connectivity index (χ0n) is 16.8. The van der Waals surface area contributed by atoms with Crippen molar-refractivity contribution < 1.29 is 14.6 Å². The van der Waals surface area contributed by atoms with Crippen LogP contribution in [0.1, 0.15) is 34.2 Å². The van der Waals surface area contributed by atoms with Gasteiger partial charge < -0.3 is 0 Å². The van der Waals surface area contributed by atoms with Crippen molar-refractivity contribution >= 4 is 23.0 Å². The maximum absolute atomic E-state index is 12.3. The predicted octanol–water partition coefficient (Wildman–Crippen LogP) is 2.85. The number of benzene rings is 2. The number of nitrogens with zero attached hydrogens (tertiary/aromatic N) is 6. The van der Waals surface area contributed by atoms with Gasteiger partial charge >= 0.3 is 0 Å². The predicted molar refractivity (Wildman–Crippen MR) is 110 cm³/mol. The van der Waals surface area contributed by atoms with Gasteiger partial charge in [0.2, 0.25) is 0 Å². The summed E-state index contributed by atoms with van der Waals surface area (Å²) in [6, 6.07) is 10.1. The molecule has 0 saturated carbocycles. The lowest BCUT2D eigenvalue weighted by atomic mass is 10.1. The first-order chi connectivity index (χ1) is 14.7. The Morgan fingerprint density at radius 3 is 2.52 bits per heavy atom. The Kier molecular flexibility index (Phi) is 5.81. The molecule has 12 nitrogen and oxygen atoms in total. The highest BCUT2D eigenvalue weighted by atomic mass is 16.6. The Bertz CT molecular complexity index is 1230. The van der Waals surface area contributed by atoms with E-state index in [0.717, 1.165) is 0 Å². The molecule has 1 amide bonds. The number of aromatic nitrogens is 3. The van der Waals surface area contributed by atoms with Gasteiger partial charge in [0.15, 0.2) is 0 Å². The van der Waals surface area contributed by atoms with E-state index in [1.54, 1.807) is 26.8 Å². The fraction of sp³-hybridized carbons (Fsp3) is 0.158. The number of rotatable bonds is 6. The minimum atomic E-state index is -0.619. The van der Waals surface area contributed by atoms with Gasteiger partial charge in [0, 0.05) is 29.3 Å². The van der Waals surface area contributed by atoms with Crippen LogP contribution in [0.25, 0.3) is 5.69 Å². The Hall–Kier alpha value is -4.48. The molecule has 158 valence electrons. The van der Waals surface area contributed by atoms with E-state index in [1.165, 1.54) is 41.1 Å². The summed E-state index contributed by atoms with van der Waals surface area (Å²) in [5.41, 5.74) is 4.35. The summed E-state index contributed by atoms with van der Waals surface area (Å²) >= 11 is 0. The van der Waals surface area contributed by atoms with Crippen LogP contribution in [-0.4, -0.2) is 36.5 Å². The van der Waals surface area contributed by atoms with Crippen LogP contribution in [0.15, 0.2) is 47.6 Å². The van der Waals surface area contributed by atoms with Crippen LogP contribution < -0.4 is 5.43 Å². The van der Waals surface area contributed by atoms with Gasteiger partial charge in [0.25, 0.3) is 17.3 Å². The maximum atomic E-state index is 12.3. The third-order valence-electron chi connectivity index (χ3n) is 4.52. The molecular formula is C19H17N7O5. The van der Waals surface area contributed by atoms with Crippen molar-refractivity contribution in [2.24, 2.45) is 5.10 Å². The molecule has 0 radical (unpaired) electrons. The molecule has 0 atom stereocenters. The van der Waals surface area contributed by atoms with E-state index < -0.39 is 15.8 Å². The second kappa shape index (κ2) is 8.49. The number of nitro groups is 2. The van der Waals surface area contributed by atoms with Crippen LogP contribution in [0.5, 0.6) is 0 Å². The van der Waals surface area contributed by atoms with Crippen molar-refractivity contribution in [3.8, 4) is 5.69 Å². The van der Waals surface area contributed by atoms with Crippen molar-refractivity contribution in [3.63, 3.8) is 0 Å². The molecule has 3 aromatic rings. The highest BCUT2D eigenvalue weighted by Crippen LogP contribution is 2.20. The third kappa shape index (κ3) is 4.42. The van der Waals surface area contributed by atoms with Crippen LogP contribution in [0.2, 0.25) is 0 Å². The molecule has 3 rings (SSSR count). The van der Waals surface area contributed by atoms with E-state index in [2.05, 4.69) is 20.8 Å². The van der Waals surface area contributed by atoms with Crippen molar-refractivity contribution in [3.05, 3.63) is 85.2 Å². The lowest BCUT2D eigenvalue weighted by Gasteiger charge is -2.05. The average Bonchev–Trinajstić information content (AvgIpc) is 3.13. The Morgan fingerprint density at radius 1 is 1.10 bits per heavy atom. The molecule has 0 saturated heterocycles. The summed E-state index contributed by atoms with van der Waals surface area (Å²) in [6.45, 7) is 4.89. The molecule has 0 aliphatic heterocycles. The van der Waals surface area contributed by atoms with Crippen LogP contribution in [-0.2, 0) is 0 Å². The quantitative estimate of drug-likeness (QED) is 0.362. The van der Waals surface area contributed by atoms with Crippen LogP contribution in [0.3, 0.4) is 0 Å². The molecule has 0 spiro atoms. The van der Waals surface area contributed by atoms with Gasteiger partial charge in [-0.15, -0.1) is 5.10 Å². The smallest absolute Gasteiger partial charge is 0.267 e. The van der Waals surface area contributed by atoms with Crippen molar-refractivity contribution in [2.45, 2.75) is 20.8 Å². The molecule has 1 aromatic heterocycles. The van der Waals surface area contributed by atoms with Gasteiger partial charge in [-0.25, -0.2) is 10.1 Å². The number of hydrogen-bond acceptors (Lipinski definition) is 8. The molecule has 31 heavy (non-hydrogen) atoms. The molecule has 1 heterocycles. The number of nitrogens with one attached hydrogen (secondary N) is 1. The summed E-state index contributed by atoms with van der Waals surface area (Å²) in [5, 5.41) is 34.1. The first-order valence-electron chi connectivity index (χ1n) is 8.96. The molecule has 0 bridgehead atoms. The monoisotopic (exact) mass is 423 g/mol. The molecule has 0 fully saturated rings. The molecule has 2 aromatic carbocycles. The molecule has 0 aliphatic carbocycles. The molecule has 0 unspecified atom stereocenters. The van der Waals surface area contributed by atoms with Gasteiger partial charge in [-0.3, -0.25) is 25.0 Å². The van der Waals surface area contributed by atoms with Gasteiger partial charge in [-0.2, -0.15) is 5.10 Å². The highest BCUT2D eigenvalue weighted by Gasteiger charge is 2.17. The average molecular weight is 423 g/mol. The number of hydrogen-bond donors (Lipinski definition) is 1. The van der Waals surface area contributed by atoms with E-state index in [1.807, 2.05) is 0 Å². The lowest BCUT2D eigenvalue weighted by Crippen LogP contribution is -2.20. The molecular weight excluding hydrogens is 406 g/mol. The van der Waals surface area contributed by atoms with Crippen LogP contribution in [0.4, 0.5) is 11.4 Å². The Balaban J connectivity index is 1.82. The minimum Gasteiger partial charge on any atom is -0.267 e. The molecule has 0 aliphatic rings. The zero-order valence-corrected chi connectivity index (χ0v) is 16.8. The fourth-order valence-corrected chi connectivity index (χ4v) is 2.85. The Labute approximate surface area is 175 Å². The summed E-state index contributed by atoms with van der Waals surface area (Å²) < 4.78 is 1.42. The van der Waals surface area contributed by atoms with E-state index in [9.17, 15) is 25.0 Å². The molecule has 12 heteroatoms. The Morgan fingerprint density at radius 2 is 1.84 bits per heavy atom. The minimum absolute atomic E-state index is 0.0845. The second-order valence-corrected chi connectivity index (χ2v) is 6.61. The topological polar surface area (TPSA) is 158 Å². The first kappa shape index (κ1) is 21.2. The first-order valence-corrected chi connectivity index (χ1v) is 8.96. The molecule has 1 N–H and O–H groups in total.